The molecule has 2 saturated heterocycles. The van der Waals surface area contributed by atoms with E-state index >= 15 is 0 Å². The molecule has 0 spiro atoms. The molecule has 0 unspecified atom stereocenters. The van der Waals surface area contributed by atoms with Gasteiger partial charge in [0.05, 0.1) is 13.2 Å². The summed E-state index contributed by atoms with van der Waals surface area (Å²) < 4.78 is 18.9. The van der Waals surface area contributed by atoms with Gasteiger partial charge < -0.3 is 14.5 Å². The Morgan fingerprint density at radius 2 is 1.71 bits per heavy atom. The van der Waals surface area contributed by atoms with Crippen LogP contribution in [0.15, 0.2) is 29.2 Å². The molecule has 0 aliphatic carbocycles. The number of carbonyl (C=O) groups is 1. The fraction of sp³-hybridized carbons (Fsp3) is 0.588. The van der Waals surface area contributed by atoms with Gasteiger partial charge in [-0.15, -0.1) is 11.8 Å². The summed E-state index contributed by atoms with van der Waals surface area (Å²) in [7, 11) is 0. The summed E-state index contributed by atoms with van der Waals surface area (Å²) >= 11 is 1.55. The highest BCUT2D eigenvalue weighted by atomic mass is 32.2. The van der Waals surface area contributed by atoms with E-state index in [1.807, 2.05) is 21.9 Å². The quantitative estimate of drug-likeness (QED) is 0.776. The minimum atomic E-state index is -0.150. The highest BCUT2D eigenvalue weighted by Crippen LogP contribution is 2.21. The molecule has 2 aliphatic heterocycles. The van der Waals surface area contributed by atoms with Gasteiger partial charge in [0.25, 0.3) is 0 Å². The molecule has 7 heteroatoms. The lowest BCUT2D eigenvalue weighted by Crippen LogP contribution is -2.54. The lowest BCUT2D eigenvalue weighted by molar-refractivity contribution is 0.0380. The number of nitrogens with zero attached hydrogens (tertiary/aromatic N) is 3. The molecule has 2 amide bonds. The maximum absolute atomic E-state index is 13.6. The topological polar surface area (TPSA) is 36.0 Å². The van der Waals surface area contributed by atoms with Crippen molar-refractivity contribution in [1.82, 2.24) is 14.7 Å². The summed E-state index contributed by atoms with van der Waals surface area (Å²) in [6.07, 6.45) is 0. The Balaban J connectivity index is 1.37. The van der Waals surface area contributed by atoms with Crippen LogP contribution >= 0.6 is 11.8 Å². The number of amides is 2. The van der Waals surface area contributed by atoms with Gasteiger partial charge in [-0.05, 0) is 12.1 Å². The summed E-state index contributed by atoms with van der Waals surface area (Å²) in [5.74, 6) is 0.710. The molecule has 0 saturated carbocycles. The van der Waals surface area contributed by atoms with Crippen molar-refractivity contribution in [2.75, 3.05) is 64.8 Å². The molecule has 1 aromatic carbocycles. The Labute approximate surface area is 146 Å². The second-order valence-corrected chi connectivity index (χ2v) is 7.13. The van der Waals surface area contributed by atoms with Crippen LogP contribution in [0.3, 0.4) is 0 Å². The normalized spacial score (nSPS) is 19.5. The van der Waals surface area contributed by atoms with Gasteiger partial charge in [0, 0.05) is 56.5 Å². The van der Waals surface area contributed by atoms with Crippen LogP contribution in [-0.4, -0.2) is 85.5 Å². The van der Waals surface area contributed by atoms with Gasteiger partial charge in [-0.1, -0.05) is 12.1 Å². The number of urea groups is 1. The second kappa shape index (κ2) is 8.69. The Morgan fingerprint density at radius 1 is 1.04 bits per heavy atom. The van der Waals surface area contributed by atoms with Gasteiger partial charge in [-0.3, -0.25) is 4.90 Å². The SMILES string of the molecule is O=C(N1CCOCC1)N1CCN(CCSc2ccccc2F)CC1. The fourth-order valence-corrected chi connectivity index (χ4v) is 3.91. The number of hydrogen-bond acceptors (Lipinski definition) is 4. The van der Waals surface area contributed by atoms with Crippen molar-refractivity contribution in [2.45, 2.75) is 4.90 Å². The number of thioether (sulfide) groups is 1. The van der Waals surface area contributed by atoms with E-state index in [1.54, 1.807) is 17.8 Å². The number of halogens is 1. The van der Waals surface area contributed by atoms with E-state index in [2.05, 4.69) is 4.90 Å². The van der Waals surface area contributed by atoms with E-state index in [-0.39, 0.29) is 11.8 Å². The van der Waals surface area contributed by atoms with E-state index in [0.717, 1.165) is 38.5 Å². The number of ether oxygens (including phenoxy) is 1. The molecule has 0 atom stereocenters. The molecule has 3 rings (SSSR count). The molecule has 2 fully saturated rings. The van der Waals surface area contributed by atoms with Crippen LogP contribution in [0, 0.1) is 5.82 Å². The van der Waals surface area contributed by atoms with E-state index in [0.29, 0.717) is 31.2 Å². The fourth-order valence-electron chi connectivity index (χ4n) is 2.96. The maximum atomic E-state index is 13.6. The lowest BCUT2D eigenvalue weighted by Gasteiger charge is -2.38. The summed E-state index contributed by atoms with van der Waals surface area (Å²) in [4.78, 5) is 19.3. The first-order chi connectivity index (χ1) is 11.7. The van der Waals surface area contributed by atoms with Gasteiger partial charge in [-0.25, -0.2) is 9.18 Å². The Morgan fingerprint density at radius 3 is 2.42 bits per heavy atom. The molecule has 2 aliphatic rings. The first-order valence-corrected chi connectivity index (χ1v) is 9.44. The van der Waals surface area contributed by atoms with Gasteiger partial charge in [-0.2, -0.15) is 0 Å². The largest absolute Gasteiger partial charge is 0.378 e. The number of carbonyl (C=O) groups excluding carboxylic acids is 1. The average Bonchev–Trinajstić information content (AvgIpc) is 2.64. The molecule has 5 nitrogen and oxygen atoms in total. The number of morpholine rings is 1. The average molecular weight is 353 g/mol. The third-order valence-electron chi connectivity index (χ3n) is 4.43. The lowest BCUT2D eigenvalue weighted by atomic mass is 10.3. The van der Waals surface area contributed by atoms with E-state index in [9.17, 15) is 9.18 Å². The van der Waals surface area contributed by atoms with Crippen LogP contribution < -0.4 is 0 Å². The smallest absolute Gasteiger partial charge is 0.320 e. The van der Waals surface area contributed by atoms with Gasteiger partial charge in [0.15, 0.2) is 0 Å². The third-order valence-corrected chi connectivity index (χ3v) is 5.45. The zero-order valence-corrected chi connectivity index (χ0v) is 14.6. The third kappa shape index (κ3) is 4.62. The molecule has 0 radical (unpaired) electrons. The first-order valence-electron chi connectivity index (χ1n) is 8.45. The van der Waals surface area contributed by atoms with Crippen molar-refractivity contribution < 1.29 is 13.9 Å². The van der Waals surface area contributed by atoms with E-state index in [1.165, 1.54) is 6.07 Å². The molecule has 0 bridgehead atoms. The van der Waals surface area contributed by atoms with Crippen LogP contribution in [0.5, 0.6) is 0 Å². The Hall–Kier alpha value is -1.31. The van der Waals surface area contributed by atoms with E-state index < -0.39 is 0 Å². The summed E-state index contributed by atoms with van der Waals surface area (Å²) in [5.41, 5.74) is 0. The predicted octanol–water partition coefficient (Wildman–Crippen LogP) is 1.99. The highest BCUT2D eigenvalue weighted by molar-refractivity contribution is 7.99. The van der Waals surface area contributed by atoms with Crippen LogP contribution in [0.4, 0.5) is 9.18 Å². The first kappa shape index (κ1) is 17.5. The highest BCUT2D eigenvalue weighted by Gasteiger charge is 2.26. The number of hydrogen-bond donors (Lipinski definition) is 0. The van der Waals surface area contributed by atoms with Crippen molar-refractivity contribution in [1.29, 1.82) is 0 Å². The number of piperazine rings is 1. The van der Waals surface area contributed by atoms with Crippen molar-refractivity contribution >= 4 is 17.8 Å². The number of benzene rings is 1. The van der Waals surface area contributed by atoms with Crippen molar-refractivity contribution in [3.05, 3.63) is 30.1 Å². The molecular weight excluding hydrogens is 329 g/mol. The van der Waals surface area contributed by atoms with Crippen molar-refractivity contribution in [3.8, 4) is 0 Å². The molecular formula is C17H24FN3O2S. The Bertz CT molecular complexity index is 546. The molecule has 132 valence electrons. The zero-order valence-electron chi connectivity index (χ0n) is 13.8. The molecule has 0 aromatic heterocycles. The van der Waals surface area contributed by atoms with Crippen LogP contribution in [0.25, 0.3) is 0 Å². The molecule has 1 aromatic rings. The maximum Gasteiger partial charge on any atom is 0.320 e. The zero-order chi connectivity index (χ0) is 16.8. The Kier molecular flexibility index (Phi) is 6.34. The van der Waals surface area contributed by atoms with Crippen LogP contribution in [0.2, 0.25) is 0 Å². The van der Waals surface area contributed by atoms with Gasteiger partial charge in [0.1, 0.15) is 5.82 Å². The van der Waals surface area contributed by atoms with Crippen molar-refractivity contribution in [3.63, 3.8) is 0 Å². The summed E-state index contributed by atoms with van der Waals surface area (Å²) in [5, 5.41) is 0. The van der Waals surface area contributed by atoms with Crippen LogP contribution in [0.1, 0.15) is 0 Å². The van der Waals surface area contributed by atoms with Crippen molar-refractivity contribution in [2.24, 2.45) is 0 Å². The molecule has 2 heterocycles. The van der Waals surface area contributed by atoms with E-state index in [4.69, 9.17) is 4.74 Å². The number of rotatable bonds is 4. The summed E-state index contributed by atoms with van der Waals surface area (Å²) in [6.45, 7) is 6.87. The second-order valence-electron chi connectivity index (χ2n) is 5.99. The van der Waals surface area contributed by atoms with Crippen LogP contribution in [-0.2, 0) is 4.74 Å². The monoisotopic (exact) mass is 353 g/mol. The molecule has 0 N–H and O–H groups in total. The predicted molar refractivity (Wildman–Crippen MR) is 92.9 cm³/mol. The summed E-state index contributed by atoms with van der Waals surface area (Å²) in [6, 6.07) is 7.03. The minimum absolute atomic E-state index is 0.138. The molecule has 24 heavy (non-hydrogen) atoms. The van der Waals surface area contributed by atoms with Gasteiger partial charge >= 0.3 is 6.03 Å². The van der Waals surface area contributed by atoms with Gasteiger partial charge in [0.2, 0.25) is 0 Å². The standard InChI is InChI=1S/C17H24FN3O2S/c18-15-3-1-2-4-16(15)24-14-11-19-5-7-20(8-6-19)17(22)21-9-12-23-13-10-21/h1-4H,5-14H2. The minimum Gasteiger partial charge on any atom is -0.378 e.